The Morgan fingerprint density at radius 2 is 1.85 bits per heavy atom. The van der Waals surface area contributed by atoms with Crippen molar-refractivity contribution in [2.45, 2.75) is 20.3 Å². The summed E-state index contributed by atoms with van der Waals surface area (Å²) in [6.45, 7) is 4.37. The van der Waals surface area contributed by atoms with Gasteiger partial charge in [-0.05, 0) is 43.2 Å². The van der Waals surface area contributed by atoms with Gasteiger partial charge in [-0.25, -0.2) is 9.69 Å². The van der Waals surface area contributed by atoms with Crippen molar-refractivity contribution in [3.8, 4) is 5.75 Å². The van der Waals surface area contributed by atoms with Crippen molar-refractivity contribution in [3.05, 3.63) is 65.2 Å². The van der Waals surface area contributed by atoms with Crippen LogP contribution in [0.5, 0.6) is 5.75 Å². The van der Waals surface area contributed by atoms with Gasteiger partial charge in [0.15, 0.2) is 0 Å². The summed E-state index contributed by atoms with van der Waals surface area (Å²) >= 11 is 0. The maximum Gasteiger partial charge on any atom is 0.335 e. The van der Waals surface area contributed by atoms with Crippen LogP contribution in [-0.2, 0) is 9.59 Å². The molecule has 1 saturated heterocycles. The lowest BCUT2D eigenvalue weighted by Gasteiger charge is -2.26. The van der Waals surface area contributed by atoms with E-state index in [0.717, 1.165) is 16.9 Å². The Morgan fingerprint density at radius 3 is 2.59 bits per heavy atom. The second-order valence-corrected chi connectivity index (χ2v) is 6.18. The molecule has 0 atom stereocenters. The van der Waals surface area contributed by atoms with Crippen LogP contribution < -0.4 is 15.0 Å². The average Bonchev–Trinajstić information content (AvgIpc) is 2.64. The Labute approximate surface area is 157 Å². The topological polar surface area (TPSA) is 75.7 Å². The van der Waals surface area contributed by atoms with E-state index in [1.165, 1.54) is 6.08 Å². The third-order valence-corrected chi connectivity index (χ3v) is 4.04. The quantitative estimate of drug-likeness (QED) is 0.651. The zero-order chi connectivity index (χ0) is 19.4. The number of anilines is 1. The number of rotatable bonds is 5. The number of para-hydroxylation sites is 1. The van der Waals surface area contributed by atoms with Gasteiger partial charge in [0.25, 0.3) is 11.8 Å². The molecule has 0 aliphatic carbocycles. The summed E-state index contributed by atoms with van der Waals surface area (Å²) in [6, 6.07) is 13.3. The number of urea groups is 1. The second kappa shape index (κ2) is 7.86. The van der Waals surface area contributed by atoms with Gasteiger partial charge < -0.3 is 4.74 Å². The van der Waals surface area contributed by atoms with E-state index in [4.69, 9.17) is 4.74 Å². The van der Waals surface area contributed by atoms with Crippen LogP contribution in [0.4, 0.5) is 10.5 Å². The fraction of sp³-hybridized carbons (Fsp3) is 0.190. The number of nitrogens with one attached hydrogen (secondary N) is 1. The van der Waals surface area contributed by atoms with E-state index in [1.54, 1.807) is 36.4 Å². The van der Waals surface area contributed by atoms with Gasteiger partial charge >= 0.3 is 6.03 Å². The van der Waals surface area contributed by atoms with Crippen molar-refractivity contribution < 1.29 is 19.1 Å². The van der Waals surface area contributed by atoms with Crippen molar-refractivity contribution in [3.63, 3.8) is 0 Å². The van der Waals surface area contributed by atoms with Crippen LogP contribution in [0.15, 0.2) is 54.1 Å². The highest BCUT2D eigenvalue weighted by molar-refractivity contribution is 6.39. The maximum atomic E-state index is 12.9. The molecule has 1 heterocycles. The van der Waals surface area contributed by atoms with Crippen LogP contribution in [0.1, 0.15) is 24.5 Å². The zero-order valence-electron chi connectivity index (χ0n) is 15.2. The number of benzene rings is 2. The molecule has 3 rings (SSSR count). The minimum absolute atomic E-state index is 0.122. The molecule has 0 saturated carbocycles. The molecule has 1 fully saturated rings. The molecule has 0 spiro atoms. The number of barbiturate groups is 1. The smallest absolute Gasteiger partial charge is 0.335 e. The van der Waals surface area contributed by atoms with Crippen molar-refractivity contribution in [2.75, 3.05) is 11.5 Å². The fourth-order valence-corrected chi connectivity index (χ4v) is 2.76. The number of nitrogens with zero attached hydrogens (tertiary/aromatic N) is 1. The molecule has 1 aliphatic heterocycles. The molecule has 1 aliphatic rings. The Hall–Kier alpha value is -3.41. The Bertz CT molecular complexity index is 933. The van der Waals surface area contributed by atoms with Crippen LogP contribution in [0.25, 0.3) is 6.08 Å². The van der Waals surface area contributed by atoms with Crippen LogP contribution >= 0.6 is 0 Å². The molecule has 1 N–H and O–H groups in total. The lowest BCUT2D eigenvalue weighted by Crippen LogP contribution is -2.54. The highest BCUT2D eigenvalue weighted by atomic mass is 16.5. The van der Waals surface area contributed by atoms with Crippen LogP contribution in [-0.4, -0.2) is 24.5 Å². The van der Waals surface area contributed by atoms with Gasteiger partial charge in [-0.2, -0.15) is 0 Å². The van der Waals surface area contributed by atoms with Crippen LogP contribution in [0.2, 0.25) is 0 Å². The molecular formula is C21H20N2O4. The Kier molecular flexibility index (Phi) is 5.35. The maximum absolute atomic E-state index is 12.9. The summed E-state index contributed by atoms with van der Waals surface area (Å²) < 4.78 is 5.68. The van der Waals surface area contributed by atoms with E-state index < -0.39 is 17.8 Å². The first-order valence-electron chi connectivity index (χ1n) is 8.71. The lowest BCUT2D eigenvalue weighted by molar-refractivity contribution is -0.122. The summed E-state index contributed by atoms with van der Waals surface area (Å²) in [7, 11) is 0. The third kappa shape index (κ3) is 3.89. The van der Waals surface area contributed by atoms with E-state index in [-0.39, 0.29) is 5.57 Å². The number of hydrogen-bond acceptors (Lipinski definition) is 4. The molecule has 0 radical (unpaired) electrons. The average molecular weight is 364 g/mol. The Balaban J connectivity index is 2.00. The van der Waals surface area contributed by atoms with Crippen molar-refractivity contribution in [2.24, 2.45) is 0 Å². The molecule has 2 aromatic rings. The molecule has 4 amide bonds. The summed E-state index contributed by atoms with van der Waals surface area (Å²) in [5.74, 6) is -0.815. The number of aryl methyl sites for hydroxylation is 1. The highest BCUT2D eigenvalue weighted by Gasteiger charge is 2.36. The van der Waals surface area contributed by atoms with Gasteiger partial charge in [-0.3, -0.25) is 14.9 Å². The summed E-state index contributed by atoms with van der Waals surface area (Å²) in [5.41, 5.74) is 1.78. The van der Waals surface area contributed by atoms with Gasteiger partial charge in [0.2, 0.25) is 0 Å². The molecule has 0 bridgehead atoms. The fourth-order valence-electron chi connectivity index (χ4n) is 2.76. The van der Waals surface area contributed by atoms with Gasteiger partial charge in [0, 0.05) is 5.56 Å². The molecule has 2 aromatic carbocycles. The van der Waals surface area contributed by atoms with E-state index in [1.807, 2.05) is 26.0 Å². The van der Waals surface area contributed by atoms with Crippen molar-refractivity contribution >= 4 is 29.6 Å². The monoisotopic (exact) mass is 364 g/mol. The normalized spacial score (nSPS) is 15.9. The lowest BCUT2D eigenvalue weighted by atomic mass is 10.1. The van der Waals surface area contributed by atoms with Gasteiger partial charge in [0.1, 0.15) is 11.3 Å². The van der Waals surface area contributed by atoms with Gasteiger partial charge in [-0.15, -0.1) is 0 Å². The van der Waals surface area contributed by atoms with E-state index in [0.29, 0.717) is 23.6 Å². The molecule has 0 aromatic heterocycles. The first-order chi connectivity index (χ1) is 13.0. The second-order valence-electron chi connectivity index (χ2n) is 6.18. The summed E-state index contributed by atoms with van der Waals surface area (Å²) in [6.07, 6.45) is 2.29. The molecule has 27 heavy (non-hydrogen) atoms. The minimum Gasteiger partial charge on any atom is -0.493 e. The number of ether oxygens (including phenoxy) is 1. The SMILES string of the molecule is CCCOc1ccccc1/C=C1\C(=O)NC(=O)N(c2cccc(C)c2)C1=O. The first kappa shape index (κ1) is 18.4. The number of hydrogen-bond donors (Lipinski definition) is 1. The van der Waals surface area contributed by atoms with Crippen molar-refractivity contribution in [1.29, 1.82) is 0 Å². The third-order valence-electron chi connectivity index (χ3n) is 4.04. The van der Waals surface area contributed by atoms with Gasteiger partial charge in [-0.1, -0.05) is 37.3 Å². The van der Waals surface area contributed by atoms with E-state index in [9.17, 15) is 14.4 Å². The molecule has 6 nitrogen and oxygen atoms in total. The van der Waals surface area contributed by atoms with E-state index in [2.05, 4.69) is 5.32 Å². The minimum atomic E-state index is -0.761. The Morgan fingerprint density at radius 1 is 1.07 bits per heavy atom. The highest BCUT2D eigenvalue weighted by Crippen LogP contribution is 2.25. The van der Waals surface area contributed by atoms with Crippen molar-refractivity contribution in [1.82, 2.24) is 5.32 Å². The largest absolute Gasteiger partial charge is 0.493 e. The van der Waals surface area contributed by atoms with Crippen LogP contribution in [0.3, 0.4) is 0 Å². The molecule has 138 valence electrons. The molecule has 6 heteroatoms. The molecular weight excluding hydrogens is 344 g/mol. The zero-order valence-corrected chi connectivity index (χ0v) is 15.2. The standard InChI is InChI=1S/C21H20N2O4/c1-3-11-27-18-10-5-4-8-15(18)13-17-19(24)22-21(26)23(20(17)25)16-9-6-7-14(2)12-16/h4-10,12-13H,3,11H2,1-2H3,(H,22,24,26)/b17-13+. The predicted octanol–water partition coefficient (Wildman–Crippen LogP) is 3.45. The first-order valence-corrected chi connectivity index (χ1v) is 8.71. The van der Waals surface area contributed by atoms with Gasteiger partial charge in [0.05, 0.1) is 12.3 Å². The number of carbonyl (C=O) groups excluding carboxylic acids is 3. The number of amides is 4. The van der Waals surface area contributed by atoms with E-state index >= 15 is 0 Å². The number of carbonyl (C=O) groups is 3. The van der Waals surface area contributed by atoms with Crippen LogP contribution in [0, 0.1) is 6.92 Å². The summed E-state index contributed by atoms with van der Waals surface area (Å²) in [4.78, 5) is 38.4. The summed E-state index contributed by atoms with van der Waals surface area (Å²) in [5, 5.41) is 2.23. The number of imide groups is 2. The molecule has 0 unspecified atom stereocenters. The predicted molar refractivity (Wildman–Crippen MR) is 102 cm³/mol.